The number of amides is 1. The largest absolute Gasteiger partial charge is 0.492 e. The summed E-state index contributed by atoms with van der Waals surface area (Å²) in [4.78, 5) is 28.0. The van der Waals surface area contributed by atoms with Gasteiger partial charge in [-0.2, -0.15) is 11.3 Å². The van der Waals surface area contributed by atoms with E-state index in [1.54, 1.807) is 11.3 Å². The summed E-state index contributed by atoms with van der Waals surface area (Å²) in [6.07, 6.45) is 0.0467. The monoisotopic (exact) mass is 402 g/mol. The molecule has 0 bridgehead atoms. The number of esters is 1. The predicted molar refractivity (Wildman–Crippen MR) is 105 cm³/mol. The SMILES string of the molecule is O=C(COC(=O)Cc1csc(-c2ccsc2)n1)NCCOc1ccccc1. The quantitative estimate of drug-likeness (QED) is 0.439. The highest BCUT2D eigenvalue weighted by atomic mass is 32.1. The fourth-order valence-electron chi connectivity index (χ4n) is 2.18. The minimum absolute atomic E-state index is 0.0467. The molecule has 1 aromatic carbocycles. The van der Waals surface area contributed by atoms with Crippen LogP contribution in [-0.2, 0) is 20.7 Å². The van der Waals surface area contributed by atoms with Gasteiger partial charge in [-0.25, -0.2) is 4.98 Å². The Labute approximate surface area is 164 Å². The second kappa shape index (κ2) is 9.84. The van der Waals surface area contributed by atoms with E-state index in [1.165, 1.54) is 11.3 Å². The van der Waals surface area contributed by atoms with Crippen LogP contribution in [0, 0.1) is 0 Å². The molecule has 140 valence electrons. The highest BCUT2D eigenvalue weighted by molar-refractivity contribution is 7.14. The second-order valence-corrected chi connectivity index (χ2v) is 7.14. The van der Waals surface area contributed by atoms with Crippen LogP contribution in [0.5, 0.6) is 5.75 Å². The van der Waals surface area contributed by atoms with Gasteiger partial charge in [-0.3, -0.25) is 9.59 Å². The number of benzene rings is 1. The van der Waals surface area contributed by atoms with Crippen molar-refractivity contribution in [2.45, 2.75) is 6.42 Å². The van der Waals surface area contributed by atoms with E-state index >= 15 is 0 Å². The van der Waals surface area contributed by atoms with Crippen LogP contribution in [0.15, 0.2) is 52.5 Å². The van der Waals surface area contributed by atoms with Crippen molar-refractivity contribution >= 4 is 34.6 Å². The van der Waals surface area contributed by atoms with Crippen molar-refractivity contribution in [2.75, 3.05) is 19.8 Å². The number of carbonyl (C=O) groups is 2. The van der Waals surface area contributed by atoms with Gasteiger partial charge in [-0.1, -0.05) is 18.2 Å². The molecule has 0 spiro atoms. The lowest BCUT2D eigenvalue weighted by atomic mass is 10.3. The smallest absolute Gasteiger partial charge is 0.312 e. The van der Waals surface area contributed by atoms with Crippen LogP contribution < -0.4 is 10.1 Å². The number of aromatic nitrogens is 1. The van der Waals surface area contributed by atoms with Crippen molar-refractivity contribution in [3.8, 4) is 16.3 Å². The third-order valence-corrected chi connectivity index (χ3v) is 5.07. The first kappa shape index (κ1) is 19.1. The van der Waals surface area contributed by atoms with Gasteiger partial charge in [-0.15, -0.1) is 11.3 Å². The van der Waals surface area contributed by atoms with Crippen LogP contribution in [0.2, 0.25) is 0 Å². The standard InChI is InChI=1S/C19H18N2O4S2/c22-17(20-7-8-24-16-4-2-1-3-5-16)11-25-18(23)10-15-13-27-19(21-15)14-6-9-26-12-14/h1-6,9,12-13H,7-8,10-11H2,(H,20,22). The first-order chi connectivity index (χ1) is 13.2. The maximum absolute atomic E-state index is 11.9. The van der Waals surface area contributed by atoms with Crippen LogP contribution in [0.25, 0.3) is 10.6 Å². The Hall–Kier alpha value is -2.71. The summed E-state index contributed by atoms with van der Waals surface area (Å²) >= 11 is 3.08. The molecule has 1 N–H and O–H groups in total. The van der Waals surface area contributed by atoms with Gasteiger partial charge in [0.2, 0.25) is 0 Å². The van der Waals surface area contributed by atoms with Crippen molar-refractivity contribution < 1.29 is 19.1 Å². The molecule has 0 aliphatic heterocycles. The molecular weight excluding hydrogens is 384 g/mol. The van der Waals surface area contributed by atoms with E-state index in [0.717, 1.165) is 16.3 Å². The highest BCUT2D eigenvalue weighted by Crippen LogP contribution is 2.25. The Kier molecular flexibility index (Phi) is 6.95. The summed E-state index contributed by atoms with van der Waals surface area (Å²) < 4.78 is 10.5. The minimum Gasteiger partial charge on any atom is -0.492 e. The summed E-state index contributed by atoms with van der Waals surface area (Å²) in [6, 6.07) is 11.3. The lowest BCUT2D eigenvalue weighted by molar-refractivity contribution is -0.147. The molecule has 0 saturated carbocycles. The maximum Gasteiger partial charge on any atom is 0.312 e. The Morgan fingerprint density at radius 1 is 1.11 bits per heavy atom. The Bertz CT molecular complexity index is 863. The zero-order valence-electron chi connectivity index (χ0n) is 14.4. The van der Waals surface area contributed by atoms with E-state index < -0.39 is 5.97 Å². The number of thiazole rings is 1. The van der Waals surface area contributed by atoms with Gasteiger partial charge in [0.05, 0.1) is 18.7 Å². The topological polar surface area (TPSA) is 77.5 Å². The van der Waals surface area contributed by atoms with Crippen molar-refractivity contribution in [3.63, 3.8) is 0 Å². The molecule has 1 amide bonds. The Morgan fingerprint density at radius 3 is 2.74 bits per heavy atom. The molecule has 27 heavy (non-hydrogen) atoms. The summed E-state index contributed by atoms with van der Waals surface area (Å²) in [6.45, 7) is 0.362. The number of ether oxygens (including phenoxy) is 2. The average Bonchev–Trinajstić information content (AvgIpc) is 3.36. The molecule has 0 aliphatic carbocycles. The molecular formula is C19H18N2O4S2. The summed E-state index contributed by atoms with van der Waals surface area (Å²) in [7, 11) is 0. The number of rotatable bonds is 9. The fraction of sp³-hybridized carbons (Fsp3) is 0.211. The van der Waals surface area contributed by atoms with E-state index in [1.807, 2.05) is 52.5 Å². The maximum atomic E-state index is 11.9. The van der Waals surface area contributed by atoms with Crippen LogP contribution >= 0.6 is 22.7 Å². The minimum atomic E-state index is -0.479. The molecule has 0 saturated heterocycles. The Morgan fingerprint density at radius 2 is 1.96 bits per heavy atom. The van der Waals surface area contributed by atoms with Crippen LogP contribution in [0.1, 0.15) is 5.69 Å². The van der Waals surface area contributed by atoms with Gasteiger partial charge in [0.15, 0.2) is 6.61 Å². The van der Waals surface area contributed by atoms with Gasteiger partial charge in [0, 0.05) is 16.3 Å². The number of thiophene rings is 1. The normalized spacial score (nSPS) is 10.4. The van der Waals surface area contributed by atoms with Crippen molar-refractivity contribution in [1.82, 2.24) is 10.3 Å². The number of nitrogens with one attached hydrogen (secondary N) is 1. The molecule has 0 aliphatic rings. The van der Waals surface area contributed by atoms with Gasteiger partial charge < -0.3 is 14.8 Å². The fourth-order valence-corrected chi connectivity index (χ4v) is 3.71. The third-order valence-electron chi connectivity index (χ3n) is 3.45. The first-order valence-electron chi connectivity index (χ1n) is 8.28. The van der Waals surface area contributed by atoms with Gasteiger partial charge >= 0.3 is 5.97 Å². The first-order valence-corrected chi connectivity index (χ1v) is 10.1. The van der Waals surface area contributed by atoms with E-state index in [-0.39, 0.29) is 18.9 Å². The molecule has 0 fully saturated rings. The molecule has 2 heterocycles. The molecule has 0 atom stereocenters. The Balaban J connectivity index is 1.32. The molecule has 8 heteroatoms. The summed E-state index contributed by atoms with van der Waals surface area (Å²) in [5.74, 6) is -0.103. The number of hydrogen-bond donors (Lipinski definition) is 1. The zero-order chi connectivity index (χ0) is 18.9. The van der Waals surface area contributed by atoms with Gasteiger partial charge in [-0.05, 0) is 23.6 Å². The predicted octanol–water partition coefficient (Wildman–Crippen LogP) is 3.15. The number of nitrogens with zero attached hydrogens (tertiary/aromatic N) is 1. The second-order valence-electron chi connectivity index (χ2n) is 5.50. The van der Waals surface area contributed by atoms with E-state index in [2.05, 4.69) is 10.3 Å². The molecule has 3 aromatic rings. The van der Waals surface area contributed by atoms with E-state index in [0.29, 0.717) is 18.8 Å². The van der Waals surface area contributed by atoms with Crippen LogP contribution in [0.3, 0.4) is 0 Å². The molecule has 6 nitrogen and oxygen atoms in total. The molecule has 0 radical (unpaired) electrons. The van der Waals surface area contributed by atoms with Gasteiger partial charge in [0.25, 0.3) is 5.91 Å². The average molecular weight is 402 g/mol. The van der Waals surface area contributed by atoms with Crippen LogP contribution in [-0.4, -0.2) is 36.6 Å². The summed E-state index contributed by atoms with van der Waals surface area (Å²) in [5.41, 5.74) is 1.68. The molecule has 3 rings (SSSR count). The van der Waals surface area contributed by atoms with Crippen LogP contribution in [0.4, 0.5) is 0 Å². The van der Waals surface area contributed by atoms with Gasteiger partial charge in [0.1, 0.15) is 17.4 Å². The molecule has 2 aromatic heterocycles. The van der Waals surface area contributed by atoms with Crippen molar-refractivity contribution in [1.29, 1.82) is 0 Å². The van der Waals surface area contributed by atoms with Crippen molar-refractivity contribution in [2.24, 2.45) is 0 Å². The molecule has 0 unspecified atom stereocenters. The zero-order valence-corrected chi connectivity index (χ0v) is 16.1. The van der Waals surface area contributed by atoms with E-state index in [4.69, 9.17) is 9.47 Å². The highest BCUT2D eigenvalue weighted by Gasteiger charge is 2.12. The number of para-hydroxylation sites is 1. The van der Waals surface area contributed by atoms with E-state index in [9.17, 15) is 9.59 Å². The summed E-state index contributed by atoms with van der Waals surface area (Å²) in [5, 5.41) is 9.33. The number of carbonyl (C=O) groups excluding carboxylic acids is 2. The third kappa shape index (κ3) is 6.19. The lowest BCUT2D eigenvalue weighted by Crippen LogP contribution is -2.32. The number of hydrogen-bond acceptors (Lipinski definition) is 7. The lowest BCUT2D eigenvalue weighted by Gasteiger charge is -2.08. The van der Waals surface area contributed by atoms with Crippen molar-refractivity contribution in [3.05, 3.63) is 58.2 Å².